The third kappa shape index (κ3) is 4.04. The molecule has 0 radical (unpaired) electrons. The smallest absolute Gasteiger partial charge is 0.119 e. The average Bonchev–Trinajstić information content (AvgIpc) is 2.32. The van der Waals surface area contributed by atoms with Crippen molar-refractivity contribution in [2.45, 2.75) is 38.6 Å². The van der Waals surface area contributed by atoms with Gasteiger partial charge in [-0.3, -0.25) is 0 Å². The van der Waals surface area contributed by atoms with Crippen LogP contribution in [0.15, 0.2) is 30.3 Å². The second-order valence-electron chi connectivity index (χ2n) is 4.91. The molecule has 1 aliphatic carbocycles. The van der Waals surface area contributed by atoms with E-state index in [4.69, 9.17) is 4.74 Å². The average molecular weight is 233 g/mol. The Morgan fingerprint density at radius 2 is 2.06 bits per heavy atom. The van der Waals surface area contributed by atoms with E-state index in [1.54, 1.807) is 0 Å². The third-order valence-corrected chi connectivity index (χ3v) is 3.53. The van der Waals surface area contributed by atoms with Crippen molar-refractivity contribution >= 4 is 0 Å². The van der Waals surface area contributed by atoms with Gasteiger partial charge in [-0.15, -0.1) is 0 Å². The van der Waals surface area contributed by atoms with Crippen LogP contribution in [0.4, 0.5) is 0 Å². The third-order valence-electron chi connectivity index (χ3n) is 3.53. The van der Waals surface area contributed by atoms with E-state index in [1.165, 1.54) is 25.7 Å². The second kappa shape index (κ2) is 6.65. The Balaban J connectivity index is 1.76. The zero-order valence-corrected chi connectivity index (χ0v) is 10.7. The molecule has 1 atom stereocenters. The van der Waals surface area contributed by atoms with Gasteiger partial charge in [-0.05, 0) is 31.0 Å². The van der Waals surface area contributed by atoms with Gasteiger partial charge >= 0.3 is 0 Å². The van der Waals surface area contributed by atoms with Crippen LogP contribution in [0.5, 0.6) is 5.75 Å². The number of likely N-dealkylation sites (N-methyl/N-ethyl adjacent to an activating group) is 1. The summed E-state index contributed by atoms with van der Waals surface area (Å²) in [6.07, 6.45) is 5.50. The van der Waals surface area contributed by atoms with Crippen molar-refractivity contribution in [3.05, 3.63) is 30.3 Å². The largest absolute Gasteiger partial charge is 0.492 e. The molecule has 0 aliphatic heterocycles. The van der Waals surface area contributed by atoms with Gasteiger partial charge in [-0.25, -0.2) is 0 Å². The number of hydrogen-bond acceptors (Lipinski definition) is 2. The molecular formula is C15H23NO. The molecule has 2 heteroatoms. The number of para-hydroxylation sites is 1. The van der Waals surface area contributed by atoms with Crippen molar-refractivity contribution in [3.63, 3.8) is 0 Å². The Kier molecular flexibility index (Phi) is 4.87. The van der Waals surface area contributed by atoms with E-state index < -0.39 is 0 Å². The Labute approximate surface area is 104 Å². The molecule has 1 saturated carbocycles. The summed E-state index contributed by atoms with van der Waals surface area (Å²) in [5.74, 6) is 1.91. The number of rotatable bonds is 7. The van der Waals surface area contributed by atoms with Gasteiger partial charge < -0.3 is 10.1 Å². The lowest BCUT2D eigenvalue weighted by Gasteiger charge is -2.30. The summed E-state index contributed by atoms with van der Waals surface area (Å²) in [6, 6.07) is 10.6. The minimum atomic E-state index is 0.505. The number of nitrogens with one attached hydrogen (secondary N) is 1. The molecule has 1 aromatic rings. The maximum Gasteiger partial charge on any atom is 0.119 e. The van der Waals surface area contributed by atoms with Crippen LogP contribution in [0, 0.1) is 5.92 Å². The summed E-state index contributed by atoms with van der Waals surface area (Å²) in [4.78, 5) is 0. The van der Waals surface area contributed by atoms with E-state index in [9.17, 15) is 0 Å². The lowest BCUT2D eigenvalue weighted by molar-refractivity contribution is 0.203. The van der Waals surface area contributed by atoms with Gasteiger partial charge in [0.15, 0.2) is 0 Å². The molecular weight excluding hydrogens is 210 g/mol. The van der Waals surface area contributed by atoms with Crippen LogP contribution in [0.2, 0.25) is 0 Å². The lowest BCUT2D eigenvalue weighted by atomic mass is 9.81. The van der Waals surface area contributed by atoms with E-state index in [-0.39, 0.29) is 0 Å². The molecule has 1 fully saturated rings. The predicted octanol–water partition coefficient (Wildman–Crippen LogP) is 3.23. The summed E-state index contributed by atoms with van der Waals surface area (Å²) < 4.78 is 5.83. The van der Waals surface area contributed by atoms with E-state index in [0.29, 0.717) is 6.04 Å². The molecule has 94 valence electrons. The highest BCUT2D eigenvalue weighted by Crippen LogP contribution is 2.30. The predicted molar refractivity (Wildman–Crippen MR) is 71.4 cm³/mol. The maximum atomic E-state index is 5.83. The molecule has 0 bridgehead atoms. The van der Waals surface area contributed by atoms with Crippen LogP contribution in [-0.4, -0.2) is 19.2 Å². The summed E-state index contributed by atoms with van der Waals surface area (Å²) in [5, 5.41) is 3.53. The van der Waals surface area contributed by atoms with E-state index >= 15 is 0 Å². The fraction of sp³-hybridized carbons (Fsp3) is 0.600. The van der Waals surface area contributed by atoms with Gasteiger partial charge in [0.2, 0.25) is 0 Å². The van der Waals surface area contributed by atoms with Crippen LogP contribution >= 0.6 is 0 Å². The molecule has 1 N–H and O–H groups in total. The summed E-state index contributed by atoms with van der Waals surface area (Å²) in [6.45, 7) is 3.97. The highest BCUT2D eigenvalue weighted by molar-refractivity contribution is 5.20. The van der Waals surface area contributed by atoms with Gasteiger partial charge in [0.05, 0.1) is 0 Å². The highest BCUT2D eigenvalue weighted by Gasteiger charge is 2.21. The Morgan fingerprint density at radius 3 is 2.65 bits per heavy atom. The van der Waals surface area contributed by atoms with Crippen LogP contribution in [-0.2, 0) is 0 Å². The van der Waals surface area contributed by atoms with Crippen molar-refractivity contribution in [1.29, 1.82) is 0 Å². The summed E-state index contributed by atoms with van der Waals surface area (Å²) >= 11 is 0. The highest BCUT2D eigenvalue weighted by atomic mass is 16.5. The van der Waals surface area contributed by atoms with Crippen molar-refractivity contribution in [2.24, 2.45) is 5.92 Å². The summed E-state index contributed by atoms with van der Waals surface area (Å²) in [7, 11) is 0. The van der Waals surface area contributed by atoms with Crippen LogP contribution in [0.3, 0.4) is 0 Å². The van der Waals surface area contributed by atoms with Crippen molar-refractivity contribution in [2.75, 3.05) is 13.2 Å². The fourth-order valence-corrected chi connectivity index (χ4v) is 2.34. The molecule has 2 nitrogen and oxygen atoms in total. The lowest BCUT2D eigenvalue weighted by Crippen LogP contribution is -2.37. The van der Waals surface area contributed by atoms with Gasteiger partial charge in [0.25, 0.3) is 0 Å². The topological polar surface area (TPSA) is 21.3 Å². The molecule has 1 unspecified atom stereocenters. The first-order valence-electron chi connectivity index (χ1n) is 6.79. The first-order valence-corrected chi connectivity index (χ1v) is 6.79. The minimum Gasteiger partial charge on any atom is -0.492 e. The monoisotopic (exact) mass is 233 g/mol. The summed E-state index contributed by atoms with van der Waals surface area (Å²) in [5.41, 5.74) is 0. The molecule has 2 rings (SSSR count). The second-order valence-corrected chi connectivity index (χ2v) is 4.91. The minimum absolute atomic E-state index is 0.505. The van der Waals surface area contributed by atoms with Crippen LogP contribution in [0.1, 0.15) is 32.6 Å². The zero-order valence-electron chi connectivity index (χ0n) is 10.7. The van der Waals surface area contributed by atoms with Crippen molar-refractivity contribution < 1.29 is 4.74 Å². The van der Waals surface area contributed by atoms with Crippen LogP contribution < -0.4 is 10.1 Å². The first-order chi connectivity index (χ1) is 8.38. The molecule has 0 spiro atoms. The maximum absolute atomic E-state index is 5.83. The van der Waals surface area contributed by atoms with Gasteiger partial charge in [0, 0.05) is 6.04 Å². The molecule has 1 aromatic carbocycles. The number of benzene rings is 1. The normalized spacial score (nSPS) is 17.5. The van der Waals surface area contributed by atoms with Crippen molar-refractivity contribution in [3.8, 4) is 5.75 Å². The SMILES string of the molecule is CCNC(COc1ccccc1)CC1CCC1. The van der Waals surface area contributed by atoms with Gasteiger partial charge in [-0.1, -0.05) is 44.4 Å². The molecule has 0 heterocycles. The quantitative estimate of drug-likeness (QED) is 0.780. The van der Waals surface area contributed by atoms with E-state index in [2.05, 4.69) is 12.2 Å². The van der Waals surface area contributed by atoms with Gasteiger partial charge in [0.1, 0.15) is 12.4 Å². The number of ether oxygens (including phenoxy) is 1. The van der Waals surface area contributed by atoms with E-state index in [0.717, 1.165) is 24.8 Å². The Bertz CT molecular complexity index is 308. The zero-order chi connectivity index (χ0) is 11.9. The Hall–Kier alpha value is -1.02. The molecule has 17 heavy (non-hydrogen) atoms. The number of hydrogen-bond donors (Lipinski definition) is 1. The molecule has 0 saturated heterocycles. The first kappa shape index (κ1) is 12.4. The van der Waals surface area contributed by atoms with Gasteiger partial charge in [-0.2, -0.15) is 0 Å². The van der Waals surface area contributed by atoms with Crippen molar-refractivity contribution in [1.82, 2.24) is 5.32 Å². The molecule has 0 aromatic heterocycles. The molecule has 1 aliphatic rings. The fourth-order valence-electron chi connectivity index (χ4n) is 2.34. The Morgan fingerprint density at radius 1 is 1.29 bits per heavy atom. The van der Waals surface area contributed by atoms with Crippen LogP contribution in [0.25, 0.3) is 0 Å². The van der Waals surface area contributed by atoms with E-state index in [1.807, 2.05) is 30.3 Å². The standard InChI is InChI=1S/C15H23NO/c1-2-16-14(11-13-7-6-8-13)12-17-15-9-4-3-5-10-15/h3-5,9-10,13-14,16H,2,6-8,11-12H2,1H3. The molecule has 0 amide bonds.